The monoisotopic (exact) mass is 376 g/mol. The maximum Gasteiger partial charge on any atom is 0.241 e. The highest BCUT2D eigenvalue weighted by Crippen LogP contribution is 2.32. The van der Waals surface area contributed by atoms with Gasteiger partial charge in [0.15, 0.2) is 17.3 Å². The van der Waals surface area contributed by atoms with Crippen molar-refractivity contribution in [2.45, 2.75) is 13.3 Å². The first kappa shape index (κ1) is 18.2. The van der Waals surface area contributed by atoms with E-state index in [4.69, 9.17) is 38.9 Å². The Morgan fingerprint density at radius 2 is 2.15 bits per heavy atom. The molecular weight excluding hydrogens is 356 g/mol. The van der Waals surface area contributed by atoms with Crippen molar-refractivity contribution in [1.82, 2.24) is 15.0 Å². The van der Waals surface area contributed by atoms with Crippen molar-refractivity contribution < 1.29 is 4.74 Å². The van der Waals surface area contributed by atoms with Crippen LogP contribution in [-0.2, 0) is 0 Å². The van der Waals surface area contributed by atoms with Crippen molar-refractivity contribution in [3.63, 3.8) is 0 Å². The number of rotatable bonds is 4. The number of nitrogens with one attached hydrogen (secondary N) is 1. The van der Waals surface area contributed by atoms with E-state index in [-0.39, 0.29) is 39.4 Å². The van der Waals surface area contributed by atoms with Crippen molar-refractivity contribution in [3.8, 4) is 5.75 Å². The Bertz CT molecular complexity index is 845. The number of pyridine rings is 1. The number of halogens is 1. The van der Waals surface area contributed by atoms with Gasteiger partial charge in [-0.15, -0.1) is 0 Å². The number of nitrogens with zero attached hydrogens (tertiary/aromatic N) is 4. The van der Waals surface area contributed by atoms with Gasteiger partial charge in [-0.3, -0.25) is 5.41 Å². The van der Waals surface area contributed by atoms with Crippen LogP contribution < -0.4 is 26.8 Å². The summed E-state index contributed by atoms with van der Waals surface area (Å²) >= 11 is 6.02. The predicted octanol–water partition coefficient (Wildman–Crippen LogP) is 1.27. The fourth-order valence-corrected chi connectivity index (χ4v) is 2.94. The second-order valence-electron chi connectivity index (χ2n) is 6.59. The molecule has 0 spiro atoms. The Kier molecular flexibility index (Phi) is 4.84. The first-order chi connectivity index (χ1) is 12.3. The highest BCUT2D eigenvalue weighted by Gasteiger charge is 2.33. The molecule has 138 valence electrons. The fourth-order valence-electron chi connectivity index (χ4n) is 2.79. The van der Waals surface area contributed by atoms with Gasteiger partial charge in [-0.25, -0.2) is 15.0 Å². The molecule has 3 rings (SSSR count). The SMILES string of the molecule is CC1(CN)CCN(c2cnc(C(=N)Oc3ccnc(N)c3Cl)c(N)n2)C1. The maximum absolute atomic E-state index is 8.09. The molecule has 3 heterocycles. The van der Waals surface area contributed by atoms with Crippen LogP contribution in [0.5, 0.6) is 5.75 Å². The van der Waals surface area contributed by atoms with Crippen molar-refractivity contribution in [3.05, 3.63) is 29.2 Å². The van der Waals surface area contributed by atoms with E-state index in [1.54, 1.807) is 6.20 Å². The molecule has 0 saturated carbocycles. The van der Waals surface area contributed by atoms with Crippen LogP contribution in [0.15, 0.2) is 18.5 Å². The van der Waals surface area contributed by atoms with Gasteiger partial charge in [0.25, 0.3) is 0 Å². The quantitative estimate of drug-likeness (QED) is 0.459. The van der Waals surface area contributed by atoms with E-state index in [1.165, 1.54) is 12.3 Å². The summed E-state index contributed by atoms with van der Waals surface area (Å²) < 4.78 is 5.43. The zero-order chi connectivity index (χ0) is 18.9. The summed E-state index contributed by atoms with van der Waals surface area (Å²) in [6, 6.07) is 1.50. The molecule has 1 unspecified atom stereocenters. The molecule has 2 aromatic heterocycles. The van der Waals surface area contributed by atoms with E-state index < -0.39 is 0 Å². The molecule has 1 fully saturated rings. The minimum atomic E-state index is -0.276. The molecule has 9 nitrogen and oxygen atoms in total. The molecule has 1 aliphatic rings. The molecular formula is C16H21ClN8O. The molecule has 0 bridgehead atoms. The summed E-state index contributed by atoms with van der Waals surface area (Å²) in [4.78, 5) is 14.5. The molecule has 2 aromatic rings. The summed E-state index contributed by atoms with van der Waals surface area (Å²) in [5, 5.41) is 8.22. The van der Waals surface area contributed by atoms with E-state index >= 15 is 0 Å². The average Bonchev–Trinajstić information content (AvgIpc) is 3.02. The first-order valence-electron chi connectivity index (χ1n) is 8.07. The predicted molar refractivity (Wildman–Crippen MR) is 102 cm³/mol. The molecule has 10 heteroatoms. The molecule has 1 atom stereocenters. The number of nitrogens with two attached hydrogens (primary N) is 3. The van der Waals surface area contributed by atoms with Crippen LogP contribution in [0.4, 0.5) is 17.5 Å². The summed E-state index contributed by atoms with van der Waals surface area (Å²) in [6.07, 6.45) is 3.99. The van der Waals surface area contributed by atoms with E-state index in [2.05, 4.69) is 26.8 Å². The number of anilines is 3. The third-order valence-corrected chi connectivity index (χ3v) is 4.85. The second-order valence-corrected chi connectivity index (χ2v) is 6.97. The lowest BCUT2D eigenvalue weighted by atomic mass is 9.90. The Morgan fingerprint density at radius 3 is 2.81 bits per heavy atom. The van der Waals surface area contributed by atoms with Crippen LogP contribution in [-0.4, -0.2) is 40.5 Å². The fraction of sp³-hybridized carbons (Fsp3) is 0.375. The van der Waals surface area contributed by atoms with Gasteiger partial charge in [0.1, 0.15) is 16.7 Å². The molecule has 1 saturated heterocycles. The summed E-state index contributed by atoms with van der Waals surface area (Å²) in [5.41, 5.74) is 17.6. The number of hydrogen-bond acceptors (Lipinski definition) is 9. The van der Waals surface area contributed by atoms with Crippen LogP contribution in [0.1, 0.15) is 19.0 Å². The Balaban J connectivity index is 1.77. The highest BCUT2D eigenvalue weighted by atomic mass is 35.5. The summed E-state index contributed by atoms with van der Waals surface area (Å²) in [5.74, 6) is 0.799. The van der Waals surface area contributed by atoms with Crippen molar-refractivity contribution in [2.24, 2.45) is 11.1 Å². The van der Waals surface area contributed by atoms with Gasteiger partial charge in [0.2, 0.25) is 5.90 Å². The van der Waals surface area contributed by atoms with Crippen molar-refractivity contribution in [2.75, 3.05) is 36.0 Å². The highest BCUT2D eigenvalue weighted by molar-refractivity contribution is 6.34. The smallest absolute Gasteiger partial charge is 0.241 e. The lowest BCUT2D eigenvalue weighted by Gasteiger charge is -2.23. The zero-order valence-electron chi connectivity index (χ0n) is 14.4. The number of aromatic nitrogens is 3. The Labute approximate surface area is 156 Å². The van der Waals surface area contributed by atoms with Gasteiger partial charge in [0, 0.05) is 25.4 Å². The van der Waals surface area contributed by atoms with Gasteiger partial charge in [-0.1, -0.05) is 18.5 Å². The summed E-state index contributed by atoms with van der Waals surface area (Å²) in [7, 11) is 0. The normalized spacial score (nSPS) is 19.6. The minimum absolute atomic E-state index is 0.0585. The summed E-state index contributed by atoms with van der Waals surface area (Å²) in [6.45, 7) is 4.38. The molecule has 26 heavy (non-hydrogen) atoms. The first-order valence-corrected chi connectivity index (χ1v) is 8.45. The van der Waals surface area contributed by atoms with Gasteiger partial charge in [0.05, 0.1) is 6.20 Å². The van der Waals surface area contributed by atoms with Gasteiger partial charge >= 0.3 is 0 Å². The van der Waals surface area contributed by atoms with Crippen molar-refractivity contribution >= 4 is 35.0 Å². The van der Waals surface area contributed by atoms with Crippen LogP contribution in [0, 0.1) is 10.8 Å². The number of ether oxygens (including phenoxy) is 1. The zero-order valence-corrected chi connectivity index (χ0v) is 15.1. The van der Waals surface area contributed by atoms with E-state index in [1.807, 2.05) is 0 Å². The van der Waals surface area contributed by atoms with Crippen LogP contribution >= 0.6 is 11.6 Å². The largest absolute Gasteiger partial charge is 0.436 e. The molecule has 0 amide bonds. The third kappa shape index (κ3) is 3.49. The third-order valence-electron chi connectivity index (χ3n) is 4.47. The van der Waals surface area contributed by atoms with Crippen LogP contribution in [0.25, 0.3) is 0 Å². The topological polar surface area (TPSA) is 153 Å². The molecule has 7 N–H and O–H groups in total. The molecule has 1 aliphatic heterocycles. The van der Waals surface area contributed by atoms with Crippen LogP contribution in [0.3, 0.4) is 0 Å². The second kappa shape index (κ2) is 6.93. The van der Waals surface area contributed by atoms with E-state index in [0.29, 0.717) is 12.4 Å². The van der Waals surface area contributed by atoms with Gasteiger partial charge in [-0.05, 0) is 18.4 Å². The number of hydrogen-bond donors (Lipinski definition) is 4. The average molecular weight is 377 g/mol. The van der Waals surface area contributed by atoms with Gasteiger partial charge < -0.3 is 26.8 Å². The molecule has 0 aliphatic carbocycles. The van der Waals surface area contributed by atoms with Crippen LogP contribution in [0.2, 0.25) is 5.02 Å². The number of nitrogen functional groups attached to an aromatic ring is 2. The maximum atomic E-state index is 8.09. The minimum Gasteiger partial charge on any atom is -0.436 e. The molecule has 0 radical (unpaired) electrons. The molecule has 0 aromatic carbocycles. The lowest BCUT2D eigenvalue weighted by Crippen LogP contribution is -2.31. The van der Waals surface area contributed by atoms with E-state index in [9.17, 15) is 0 Å². The standard InChI is InChI=1S/C16H21ClN8O/c1-16(7-18)3-5-25(8-16)10-6-23-12(14(20)24-10)15(21)26-9-2-4-22-13(19)11(9)17/h2,4,6,21H,3,5,7-8,18H2,1H3,(H2,19,22)(H2,20,24). The lowest BCUT2D eigenvalue weighted by molar-refractivity contribution is 0.383. The van der Waals surface area contributed by atoms with E-state index in [0.717, 1.165) is 19.5 Å². The Hall–Kier alpha value is -2.65. The Morgan fingerprint density at radius 1 is 1.38 bits per heavy atom. The van der Waals surface area contributed by atoms with Crippen molar-refractivity contribution in [1.29, 1.82) is 5.41 Å². The van der Waals surface area contributed by atoms with Gasteiger partial charge in [-0.2, -0.15) is 0 Å².